The molecule has 168 valence electrons. The third-order valence-electron chi connectivity index (χ3n) is 5.85. The molecule has 8 heteroatoms. The lowest BCUT2D eigenvalue weighted by Gasteiger charge is -2.33. The van der Waals surface area contributed by atoms with Crippen molar-refractivity contribution in [2.24, 2.45) is 0 Å². The number of hydrogen-bond acceptors (Lipinski definition) is 7. The van der Waals surface area contributed by atoms with Gasteiger partial charge in [-0.3, -0.25) is 9.69 Å². The summed E-state index contributed by atoms with van der Waals surface area (Å²) in [6, 6.07) is 10.7. The number of benzene rings is 1. The molecule has 1 aromatic carbocycles. The van der Waals surface area contributed by atoms with Gasteiger partial charge in [-0.2, -0.15) is 4.98 Å². The van der Waals surface area contributed by atoms with Crippen molar-refractivity contribution in [3.05, 3.63) is 48.4 Å². The van der Waals surface area contributed by atoms with Gasteiger partial charge in [0.2, 0.25) is 0 Å². The topological polar surface area (TPSA) is 88.7 Å². The summed E-state index contributed by atoms with van der Waals surface area (Å²) in [5.41, 5.74) is 2.83. The molecule has 3 aromatic heterocycles. The van der Waals surface area contributed by atoms with Crippen LogP contribution in [0.2, 0.25) is 0 Å². The molecule has 0 aliphatic heterocycles. The zero-order valence-electron chi connectivity index (χ0n) is 18.1. The number of ether oxygens (including phenoxy) is 1. The molecule has 0 saturated heterocycles. The summed E-state index contributed by atoms with van der Waals surface area (Å²) in [4.78, 5) is 19.7. The number of aromatic nitrogens is 2. The lowest BCUT2D eigenvalue weighted by molar-refractivity contribution is -0.122. The van der Waals surface area contributed by atoms with Gasteiger partial charge >= 0.3 is 0 Å². The zero-order valence-corrected chi connectivity index (χ0v) is 18.9. The van der Waals surface area contributed by atoms with Gasteiger partial charge in [-0.15, -0.1) is 0 Å². The quantitative estimate of drug-likeness (QED) is 0.354. The van der Waals surface area contributed by atoms with Gasteiger partial charge in [0.05, 0.1) is 11.0 Å². The van der Waals surface area contributed by atoms with Crippen molar-refractivity contribution in [3.63, 3.8) is 0 Å². The summed E-state index contributed by atoms with van der Waals surface area (Å²) in [5.74, 6) is 0.733. The number of rotatable bonds is 6. The van der Waals surface area contributed by atoms with Gasteiger partial charge in [0.15, 0.2) is 5.65 Å². The summed E-state index contributed by atoms with van der Waals surface area (Å²) in [7, 11) is 0. The fourth-order valence-electron chi connectivity index (χ4n) is 4.31. The van der Waals surface area contributed by atoms with E-state index in [1.807, 2.05) is 30.5 Å². The van der Waals surface area contributed by atoms with Crippen LogP contribution in [0.15, 0.2) is 47.2 Å². The summed E-state index contributed by atoms with van der Waals surface area (Å²) in [5, 5.41) is 8.65. The molecule has 1 N–H and O–H groups in total. The van der Waals surface area contributed by atoms with Crippen molar-refractivity contribution < 1.29 is 19.1 Å². The number of hydrogen-bond donors (Lipinski definition) is 1. The lowest BCUT2D eigenvalue weighted by Crippen LogP contribution is -2.36. The maximum atomic E-state index is 8.36. The van der Waals surface area contributed by atoms with E-state index >= 15 is 0 Å². The highest BCUT2D eigenvalue weighted by Gasteiger charge is 2.21. The fourth-order valence-corrected chi connectivity index (χ4v) is 5.10. The van der Waals surface area contributed by atoms with Gasteiger partial charge < -0.3 is 14.3 Å². The zero-order chi connectivity index (χ0) is 22.3. The van der Waals surface area contributed by atoms with Crippen LogP contribution >= 0.6 is 11.3 Å². The van der Waals surface area contributed by atoms with Crippen LogP contribution in [0.3, 0.4) is 0 Å². The van der Waals surface area contributed by atoms with E-state index in [0.717, 1.165) is 40.2 Å². The highest BCUT2D eigenvalue weighted by atomic mass is 32.1. The van der Waals surface area contributed by atoms with E-state index in [0.29, 0.717) is 11.2 Å². The highest BCUT2D eigenvalue weighted by molar-refractivity contribution is 7.20. The van der Waals surface area contributed by atoms with Gasteiger partial charge in [-0.25, -0.2) is 4.98 Å². The van der Waals surface area contributed by atoms with Crippen molar-refractivity contribution >= 4 is 39.1 Å². The van der Waals surface area contributed by atoms with Crippen LogP contribution in [0.1, 0.15) is 44.6 Å². The SMILES string of the molecule is CCN(Cc1coc2cc(Oc3nc4ncccc4s3)ccc12)C1CCCCC1.O=CO. The number of fused-ring (bicyclic) bond motifs is 2. The number of nitrogens with zero attached hydrogens (tertiary/aromatic N) is 3. The Morgan fingerprint density at radius 2 is 2.09 bits per heavy atom. The van der Waals surface area contributed by atoms with Crippen LogP contribution in [-0.2, 0) is 11.3 Å². The van der Waals surface area contributed by atoms with Crippen LogP contribution in [0.4, 0.5) is 0 Å². The predicted octanol–water partition coefficient (Wildman–Crippen LogP) is 6.09. The normalized spacial score (nSPS) is 14.4. The summed E-state index contributed by atoms with van der Waals surface area (Å²) < 4.78 is 12.9. The second kappa shape index (κ2) is 10.6. The van der Waals surface area contributed by atoms with E-state index in [-0.39, 0.29) is 6.47 Å². The van der Waals surface area contributed by atoms with Crippen molar-refractivity contribution in [3.8, 4) is 10.9 Å². The Kier molecular flexibility index (Phi) is 7.34. The molecule has 0 amide bonds. The Hall–Kier alpha value is -2.97. The van der Waals surface area contributed by atoms with E-state index < -0.39 is 0 Å². The molecule has 0 bridgehead atoms. The first-order valence-corrected chi connectivity index (χ1v) is 11.7. The second-order valence-electron chi connectivity index (χ2n) is 7.79. The molecule has 0 unspecified atom stereocenters. The molecule has 7 nitrogen and oxygen atoms in total. The molecule has 1 aliphatic carbocycles. The smallest absolute Gasteiger partial charge is 0.290 e. The van der Waals surface area contributed by atoms with E-state index in [1.54, 1.807) is 6.20 Å². The molecule has 32 heavy (non-hydrogen) atoms. The van der Waals surface area contributed by atoms with Crippen molar-refractivity contribution in [1.29, 1.82) is 0 Å². The van der Waals surface area contributed by atoms with Crippen LogP contribution in [0, 0.1) is 0 Å². The summed E-state index contributed by atoms with van der Waals surface area (Å²) in [6.45, 7) is 4.03. The number of pyridine rings is 1. The Balaban J connectivity index is 0.000000775. The highest BCUT2D eigenvalue weighted by Crippen LogP contribution is 2.33. The summed E-state index contributed by atoms with van der Waals surface area (Å²) in [6.07, 6.45) is 10.4. The molecule has 0 atom stereocenters. The molecular formula is C24H27N3O4S. The Labute approximate surface area is 190 Å². The molecule has 0 spiro atoms. The molecule has 4 aromatic rings. The van der Waals surface area contributed by atoms with Crippen molar-refractivity contribution in [2.75, 3.05) is 6.54 Å². The first-order chi connectivity index (χ1) is 15.7. The van der Waals surface area contributed by atoms with Gasteiger partial charge in [-0.05, 0) is 43.7 Å². The van der Waals surface area contributed by atoms with Crippen LogP contribution in [-0.4, -0.2) is 39.0 Å². The number of carbonyl (C=O) groups is 1. The molecular weight excluding hydrogens is 426 g/mol. The third-order valence-corrected chi connectivity index (χ3v) is 6.74. The lowest BCUT2D eigenvalue weighted by atomic mass is 9.94. The third kappa shape index (κ3) is 5.08. The van der Waals surface area contributed by atoms with Gasteiger partial charge in [0.1, 0.15) is 11.3 Å². The van der Waals surface area contributed by atoms with Crippen LogP contribution in [0.5, 0.6) is 10.9 Å². The standard InChI is InChI=1S/C23H25N3O2S.CH2O2/c1-2-26(17-7-4-3-5-8-17)14-16-15-27-20-13-18(10-11-19(16)20)28-23-25-22-21(29-23)9-6-12-24-22;2-1-3/h6,9-13,15,17H,2-5,7-8,14H2,1H3;1H,(H,2,3). The minimum absolute atomic E-state index is 0.250. The van der Waals surface area contributed by atoms with Gasteiger partial charge in [0.25, 0.3) is 11.7 Å². The molecule has 0 radical (unpaired) electrons. The molecule has 1 fully saturated rings. The first-order valence-electron chi connectivity index (χ1n) is 10.9. The van der Waals surface area contributed by atoms with Crippen molar-refractivity contribution in [1.82, 2.24) is 14.9 Å². The van der Waals surface area contributed by atoms with E-state index in [1.165, 1.54) is 49.0 Å². The minimum Gasteiger partial charge on any atom is -0.483 e. The largest absolute Gasteiger partial charge is 0.483 e. The van der Waals surface area contributed by atoms with Crippen LogP contribution in [0.25, 0.3) is 21.3 Å². The van der Waals surface area contributed by atoms with E-state index in [2.05, 4.69) is 27.9 Å². The number of thiazole rings is 1. The number of carboxylic acid groups (broad SMARTS) is 1. The molecule has 3 heterocycles. The van der Waals surface area contributed by atoms with Gasteiger partial charge in [-0.1, -0.05) is 37.5 Å². The monoisotopic (exact) mass is 453 g/mol. The van der Waals surface area contributed by atoms with E-state index in [9.17, 15) is 0 Å². The summed E-state index contributed by atoms with van der Waals surface area (Å²) >= 11 is 1.50. The average Bonchev–Trinajstić information content (AvgIpc) is 3.41. The molecule has 5 rings (SSSR count). The Morgan fingerprint density at radius 1 is 1.28 bits per heavy atom. The maximum absolute atomic E-state index is 8.36. The predicted molar refractivity (Wildman–Crippen MR) is 125 cm³/mol. The average molecular weight is 454 g/mol. The Bertz CT molecular complexity index is 1130. The maximum Gasteiger partial charge on any atom is 0.290 e. The molecule has 1 aliphatic rings. The molecule has 1 saturated carbocycles. The fraction of sp³-hybridized carbons (Fsp3) is 0.375. The van der Waals surface area contributed by atoms with Crippen LogP contribution < -0.4 is 4.74 Å². The first kappa shape index (κ1) is 22.2. The second-order valence-corrected chi connectivity index (χ2v) is 8.78. The van der Waals surface area contributed by atoms with Gasteiger partial charge in [0, 0.05) is 35.8 Å². The Morgan fingerprint density at radius 3 is 2.84 bits per heavy atom. The number of furan rings is 1. The minimum atomic E-state index is -0.250. The van der Waals surface area contributed by atoms with E-state index in [4.69, 9.17) is 19.1 Å². The van der Waals surface area contributed by atoms with Crippen molar-refractivity contribution in [2.45, 2.75) is 51.6 Å².